The van der Waals surface area contributed by atoms with Crippen LogP contribution in [0.25, 0.3) is 6.08 Å². The number of rotatable bonds is 4. The van der Waals surface area contributed by atoms with E-state index in [1.54, 1.807) is 19.3 Å². The van der Waals surface area contributed by atoms with Gasteiger partial charge in [0.2, 0.25) is 11.8 Å². The molecule has 0 aliphatic carbocycles. The van der Waals surface area contributed by atoms with Crippen molar-refractivity contribution in [1.82, 2.24) is 10.6 Å². The molecule has 1 heterocycles. The van der Waals surface area contributed by atoms with Crippen molar-refractivity contribution in [2.75, 3.05) is 7.11 Å². The summed E-state index contributed by atoms with van der Waals surface area (Å²) >= 11 is 0. The predicted octanol–water partition coefficient (Wildman–Crippen LogP) is 1.08. The van der Waals surface area contributed by atoms with Gasteiger partial charge in [-0.3, -0.25) is 20.2 Å². The van der Waals surface area contributed by atoms with Crippen molar-refractivity contribution in [2.45, 2.75) is 6.42 Å². The van der Waals surface area contributed by atoms with Crippen LogP contribution in [-0.2, 0) is 9.59 Å². The van der Waals surface area contributed by atoms with E-state index in [0.717, 1.165) is 11.3 Å². The number of amides is 4. The monoisotopic (exact) mass is 274 g/mol. The lowest BCUT2D eigenvalue weighted by molar-refractivity contribution is -0.135. The van der Waals surface area contributed by atoms with Gasteiger partial charge in [0.15, 0.2) is 0 Å². The summed E-state index contributed by atoms with van der Waals surface area (Å²) in [7, 11) is 1.59. The average molecular weight is 274 g/mol. The Labute approximate surface area is 115 Å². The van der Waals surface area contributed by atoms with E-state index in [1.807, 2.05) is 24.3 Å². The van der Waals surface area contributed by atoms with Gasteiger partial charge in [-0.2, -0.15) is 0 Å². The zero-order chi connectivity index (χ0) is 14.5. The standard InChI is InChI=1S/C14H14N2O4/c1-20-10-7-5-9(6-8-10)3-2-4-11-12(17)15-14(19)16-13(11)18/h2-3,5-8,11H,4H2,1H3,(H2,15,16,17,18,19)/b3-2+. The highest BCUT2D eigenvalue weighted by Crippen LogP contribution is 2.14. The predicted molar refractivity (Wildman–Crippen MR) is 71.8 cm³/mol. The van der Waals surface area contributed by atoms with Crippen molar-refractivity contribution < 1.29 is 19.1 Å². The van der Waals surface area contributed by atoms with Crippen LogP contribution in [0.5, 0.6) is 5.75 Å². The molecule has 0 aromatic heterocycles. The zero-order valence-corrected chi connectivity index (χ0v) is 10.9. The van der Waals surface area contributed by atoms with Gasteiger partial charge in [-0.15, -0.1) is 0 Å². The molecule has 0 spiro atoms. The molecule has 0 atom stereocenters. The molecule has 0 saturated carbocycles. The number of ether oxygens (including phenoxy) is 1. The second-order valence-corrected chi connectivity index (χ2v) is 4.27. The lowest BCUT2D eigenvalue weighted by atomic mass is 10.0. The number of carbonyl (C=O) groups excluding carboxylic acids is 3. The number of barbiturate groups is 1. The zero-order valence-electron chi connectivity index (χ0n) is 10.9. The van der Waals surface area contributed by atoms with E-state index >= 15 is 0 Å². The Balaban J connectivity index is 1.96. The molecule has 4 amide bonds. The van der Waals surface area contributed by atoms with Crippen LogP contribution in [0.3, 0.4) is 0 Å². The van der Waals surface area contributed by atoms with E-state index in [2.05, 4.69) is 10.6 Å². The van der Waals surface area contributed by atoms with Crippen molar-refractivity contribution in [3.05, 3.63) is 35.9 Å². The van der Waals surface area contributed by atoms with Crippen molar-refractivity contribution >= 4 is 23.9 Å². The van der Waals surface area contributed by atoms with E-state index in [9.17, 15) is 14.4 Å². The summed E-state index contributed by atoms with van der Waals surface area (Å²) in [4.78, 5) is 33.9. The van der Waals surface area contributed by atoms with Crippen LogP contribution in [0.2, 0.25) is 0 Å². The van der Waals surface area contributed by atoms with Gasteiger partial charge in [0.1, 0.15) is 11.7 Å². The van der Waals surface area contributed by atoms with Gasteiger partial charge in [0.25, 0.3) is 0 Å². The third-order valence-electron chi connectivity index (χ3n) is 2.90. The molecule has 0 unspecified atom stereocenters. The highest BCUT2D eigenvalue weighted by atomic mass is 16.5. The molecule has 1 fully saturated rings. The lowest BCUT2D eigenvalue weighted by Gasteiger charge is -2.19. The fourth-order valence-corrected chi connectivity index (χ4v) is 1.82. The largest absolute Gasteiger partial charge is 0.497 e. The highest BCUT2D eigenvalue weighted by Gasteiger charge is 2.32. The van der Waals surface area contributed by atoms with Crippen LogP contribution < -0.4 is 15.4 Å². The fourth-order valence-electron chi connectivity index (χ4n) is 1.82. The van der Waals surface area contributed by atoms with Gasteiger partial charge in [0, 0.05) is 0 Å². The van der Waals surface area contributed by atoms with Crippen molar-refractivity contribution in [3.8, 4) is 5.75 Å². The molecule has 20 heavy (non-hydrogen) atoms. The molecule has 1 aliphatic heterocycles. The van der Waals surface area contributed by atoms with Crippen LogP contribution >= 0.6 is 0 Å². The summed E-state index contributed by atoms with van der Waals surface area (Å²) in [5.74, 6) is -1.26. The number of allylic oxidation sites excluding steroid dienone is 1. The Morgan fingerprint density at radius 1 is 1.10 bits per heavy atom. The molecule has 2 rings (SSSR count). The Hall–Kier alpha value is -2.63. The number of benzene rings is 1. The van der Waals surface area contributed by atoms with Gasteiger partial charge >= 0.3 is 6.03 Å². The second kappa shape index (κ2) is 6.01. The normalized spacial score (nSPS) is 16.1. The van der Waals surface area contributed by atoms with Gasteiger partial charge in [-0.1, -0.05) is 24.3 Å². The quantitative estimate of drug-likeness (QED) is 0.805. The second-order valence-electron chi connectivity index (χ2n) is 4.27. The summed E-state index contributed by atoms with van der Waals surface area (Å²) in [6, 6.07) is 6.59. The molecule has 6 nitrogen and oxygen atoms in total. The van der Waals surface area contributed by atoms with Crippen molar-refractivity contribution in [3.63, 3.8) is 0 Å². The molecule has 1 aromatic carbocycles. The molecule has 6 heteroatoms. The van der Waals surface area contributed by atoms with Gasteiger partial charge in [-0.05, 0) is 24.1 Å². The van der Waals surface area contributed by atoms with E-state index in [-0.39, 0.29) is 6.42 Å². The molecule has 1 aromatic rings. The molecule has 1 aliphatic rings. The molecular formula is C14H14N2O4. The minimum atomic E-state index is -0.873. The summed E-state index contributed by atoms with van der Waals surface area (Å²) in [5.41, 5.74) is 0.929. The molecule has 0 radical (unpaired) electrons. The minimum absolute atomic E-state index is 0.233. The van der Waals surface area contributed by atoms with E-state index in [0.29, 0.717) is 0 Å². The van der Waals surface area contributed by atoms with Gasteiger partial charge in [-0.25, -0.2) is 4.79 Å². The number of imide groups is 2. The maximum Gasteiger partial charge on any atom is 0.328 e. The van der Waals surface area contributed by atoms with Crippen LogP contribution in [0.15, 0.2) is 30.3 Å². The highest BCUT2D eigenvalue weighted by molar-refractivity contribution is 6.16. The fraction of sp³-hybridized carbons (Fsp3) is 0.214. The third kappa shape index (κ3) is 3.23. The first kappa shape index (κ1) is 13.8. The number of nitrogens with one attached hydrogen (secondary N) is 2. The van der Waals surface area contributed by atoms with Crippen molar-refractivity contribution in [2.24, 2.45) is 5.92 Å². The Bertz CT molecular complexity index is 543. The Kier molecular flexibility index (Phi) is 4.14. The lowest BCUT2D eigenvalue weighted by Crippen LogP contribution is -2.55. The topological polar surface area (TPSA) is 84.5 Å². The average Bonchev–Trinajstić information content (AvgIpc) is 2.42. The van der Waals surface area contributed by atoms with Crippen LogP contribution in [0, 0.1) is 5.92 Å². The molecule has 2 N–H and O–H groups in total. The van der Waals surface area contributed by atoms with E-state index in [1.165, 1.54) is 0 Å². The smallest absolute Gasteiger partial charge is 0.328 e. The van der Waals surface area contributed by atoms with E-state index in [4.69, 9.17) is 4.74 Å². The summed E-state index contributed by atoms with van der Waals surface area (Å²) < 4.78 is 5.05. The Morgan fingerprint density at radius 2 is 1.70 bits per heavy atom. The number of hydrogen-bond acceptors (Lipinski definition) is 4. The number of methoxy groups -OCH3 is 1. The van der Waals surface area contributed by atoms with Crippen LogP contribution in [0.4, 0.5) is 4.79 Å². The molecule has 0 bridgehead atoms. The number of carbonyl (C=O) groups is 3. The van der Waals surface area contributed by atoms with Gasteiger partial charge in [0.05, 0.1) is 7.11 Å². The first-order valence-electron chi connectivity index (χ1n) is 6.06. The SMILES string of the molecule is COc1ccc(/C=C/CC2C(=O)NC(=O)NC2=O)cc1. The van der Waals surface area contributed by atoms with Crippen LogP contribution in [-0.4, -0.2) is 25.0 Å². The third-order valence-corrected chi connectivity index (χ3v) is 2.90. The summed E-state index contributed by atoms with van der Waals surface area (Å²) in [6.45, 7) is 0. The first-order valence-corrected chi connectivity index (χ1v) is 6.06. The summed E-state index contributed by atoms with van der Waals surface area (Å²) in [5, 5.41) is 4.13. The molecule has 104 valence electrons. The minimum Gasteiger partial charge on any atom is -0.497 e. The van der Waals surface area contributed by atoms with Crippen LogP contribution in [0.1, 0.15) is 12.0 Å². The summed E-state index contributed by atoms with van der Waals surface area (Å²) in [6.07, 6.45) is 3.76. The maximum absolute atomic E-state index is 11.5. The maximum atomic E-state index is 11.5. The number of urea groups is 1. The van der Waals surface area contributed by atoms with Gasteiger partial charge < -0.3 is 4.74 Å². The first-order chi connectivity index (χ1) is 9.60. The molecular weight excluding hydrogens is 260 g/mol. The van der Waals surface area contributed by atoms with Crippen molar-refractivity contribution in [1.29, 1.82) is 0 Å². The Morgan fingerprint density at radius 3 is 2.25 bits per heavy atom. The number of hydrogen-bond donors (Lipinski definition) is 2. The van der Waals surface area contributed by atoms with E-state index < -0.39 is 23.8 Å². The molecule has 1 saturated heterocycles.